The summed E-state index contributed by atoms with van der Waals surface area (Å²) < 4.78 is 18.7. The molecule has 2 amide bonds. The Morgan fingerprint density at radius 3 is 2.62 bits per heavy atom. The van der Waals surface area contributed by atoms with Gasteiger partial charge in [-0.05, 0) is 43.2 Å². The molecule has 2 atom stereocenters. The summed E-state index contributed by atoms with van der Waals surface area (Å²) in [5.74, 6) is -0.246. The number of carbonyl (C=O) groups is 2. The molecule has 1 aliphatic rings. The molecule has 0 bridgehead atoms. The molecule has 6 heteroatoms. The lowest BCUT2D eigenvalue weighted by Gasteiger charge is -2.41. The van der Waals surface area contributed by atoms with Gasteiger partial charge in [0.15, 0.2) is 0 Å². The molecular formula is C23H27FN2O3. The van der Waals surface area contributed by atoms with Gasteiger partial charge in [-0.1, -0.05) is 31.5 Å². The third-order valence-electron chi connectivity index (χ3n) is 5.37. The minimum absolute atomic E-state index is 0.0557. The molecule has 1 fully saturated rings. The van der Waals surface area contributed by atoms with Gasteiger partial charge in [0.1, 0.15) is 11.6 Å². The second-order valence-corrected chi connectivity index (χ2v) is 7.27. The van der Waals surface area contributed by atoms with Gasteiger partial charge in [-0.25, -0.2) is 4.39 Å². The standard InChI is InChI=1S/C23H27FN2O3/c1-3-4-15-26-21(27)14-13-19(22(26)18-7-5-6-8-20(18)29-2)23(28)25-17-11-9-16(24)10-12-17/h5-12,19,22H,3-4,13-15H2,1-2H3,(H,25,28)/t19-,22-/m1/s1. The van der Waals surface area contributed by atoms with Crippen LogP contribution in [-0.4, -0.2) is 30.4 Å². The van der Waals surface area contributed by atoms with E-state index in [-0.39, 0.29) is 17.6 Å². The van der Waals surface area contributed by atoms with Crippen molar-refractivity contribution in [2.75, 3.05) is 19.0 Å². The van der Waals surface area contributed by atoms with E-state index in [2.05, 4.69) is 12.2 Å². The number of para-hydroxylation sites is 1. The van der Waals surface area contributed by atoms with Gasteiger partial charge in [-0.2, -0.15) is 0 Å². The smallest absolute Gasteiger partial charge is 0.229 e. The normalized spacial score (nSPS) is 19.1. The molecule has 1 heterocycles. The van der Waals surface area contributed by atoms with E-state index >= 15 is 0 Å². The van der Waals surface area contributed by atoms with Crippen LogP contribution in [0.5, 0.6) is 5.75 Å². The number of ether oxygens (including phenoxy) is 1. The van der Waals surface area contributed by atoms with Crippen LogP contribution in [0.4, 0.5) is 10.1 Å². The lowest BCUT2D eigenvalue weighted by atomic mass is 9.83. The van der Waals surface area contributed by atoms with Crippen LogP contribution in [0.2, 0.25) is 0 Å². The Bertz CT molecular complexity index is 853. The Kier molecular flexibility index (Phi) is 6.86. The lowest BCUT2D eigenvalue weighted by molar-refractivity contribution is -0.142. The third-order valence-corrected chi connectivity index (χ3v) is 5.37. The number of nitrogens with one attached hydrogen (secondary N) is 1. The van der Waals surface area contributed by atoms with Gasteiger partial charge in [0.05, 0.1) is 19.1 Å². The molecule has 0 spiro atoms. The summed E-state index contributed by atoms with van der Waals surface area (Å²) in [6.45, 7) is 2.67. The van der Waals surface area contributed by atoms with Crippen LogP contribution in [0.15, 0.2) is 48.5 Å². The molecular weight excluding hydrogens is 371 g/mol. The van der Waals surface area contributed by atoms with Crippen LogP contribution < -0.4 is 10.1 Å². The fourth-order valence-corrected chi connectivity index (χ4v) is 3.88. The highest BCUT2D eigenvalue weighted by Gasteiger charge is 2.41. The zero-order valence-electron chi connectivity index (χ0n) is 16.9. The van der Waals surface area contributed by atoms with E-state index in [1.54, 1.807) is 7.11 Å². The second-order valence-electron chi connectivity index (χ2n) is 7.27. The van der Waals surface area contributed by atoms with E-state index in [4.69, 9.17) is 4.74 Å². The summed E-state index contributed by atoms with van der Waals surface area (Å²) in [6, 6.07) is 12.8. The molecule has 2 aromatic carbocycles. The van der Waals surface area contributed by atoms with E-state index in [0.29, 0.717) is 30.8 Å². The number of unbranched alkanes of at least 4 members (excludes halogenated alkanes) is 1. The summed E-state index contributed by atoms with van der Waals surface area (Å²) in [6.07, 6.45) is 2.60. The summed E-state index contributed by atoms with van der Waals surface area (Å²) >= 11 is 0. The number of rotatable bonds is 7. The zero-order chi connectivity index (χ0) is 20.8. The number of carbonyl (C=O) groups excluding carboxylic acids is 2. The molecule has 0 saturated carbocycles. The van der Waals surface area contributed by atoms with E-state index in [0.717, 1.165) is 18.4 Å². The Morgan fingerprint density at radius 2 is 1.93 bits per heavy atom. The number of benzene rings is 2. The number of piperidine rings is 1. The summed E-state index contributed by atoms with van der Waals surface area (Å²) in [4.78, 5) is 27.8. The molecule has 2 aromatic rings. The molecule has 1 aliphatic heterocycles. The SMILES string of the molecule is CCCCN1C(=O)CC[C@@H](C(=O)Nc2ccc(F)cc2)[C@H]1c1ccccc1OC. The highest BCUT2D eigenvalue weighted by molar-refractivity contribution is 5.94. The van der Waals surface area contributed by atoms with Crippen LogP contribution >= 0.6 is 0 Å². The Labute approximate surface area is 170 Å². The van der Waals surface area contributed by atoms with Crippen LogP contribution in [-0.2, 0) is 9.59 Å². The first-order chi connectivity index (χ1) is 14.0. The number of hydrogen-bond acceptors (Lipinski definition) is 3. The maximum atomic E-state index is 13.2. The van der Waals surface area contributed by atoms with Crippen molar-refractivity contribution in [3.8, 4) is 5.75 Å². The van der Waals surface area contributed by atoms with E-state index < -0.39 is 12.0 Å². The average Bonchev–Trinajstić information content (AvgIpc) is 2.74. The number of nitrogens with zero attached hydrogens (tertiary/aromatic N) is 1. The van der Waals surface area contributed by atoms with Crippen LogP contribution in [0.3, 0.4) is 0 Å². The number of amides is 2. The van der Waals surface area contributed by atoms with Gasteiger partial charge in [0.25, 0.3) is 0 Å². The van der Waals surface area contributed by atoms with E-state index in [1.165, 1.54) is 24.3 Å². The third kappa shape index (κ3) is 4.75. The molecule has 0 aromatic heterocycles. The molecule has 5 nitrogen and oxygen atoms in total. The molecule has 0 unspecified atom stereocenters. The fourth-order valence-electron chi connectivity index (χ4n) is 3.88. The van der Waals surface area contributed by atoms with E-state index in [9.17, 15) is 14.0 Å². The molecule has 154 valence electrons. The van der Waals surface area contributed by atoms with Crippen LogP contribution in [0.25, 0.3) is 0 Å². The van der Waals surface area contributed by atoms with Gasteiger partial charge in [-0.15, -0.1) is 0 Å². The molecule has 29 heavy (non-hydrogen) atoms. The molecule has 3 rings (SSSR count). The first-order valence-corrected chi connectivity index (χ1v) is 10.0. The highest BCUT2D eigenvalue weighted by Crippen LogP contribution is 2.41. The van der Waals surface area contributed by atoms with Crippen molar-refractivity contribution in [1.29, 1.82) is 0 Å². The van der Waals surface area contributed by atoms with Gasteiger partial charge >= 0.3 is 0 Å². The van der Waals surface area contributed by atoms with E-state index in [1.807, 2.05) is 29.2 Å². The van der Waals surface area contributed by atoms with Crippen molar-refractivity contribution >= 4 is 17.5 Å². The van der Waals surface area contributed by atoms with Gasteiger partial charge < -0.3 is 15.0 Å². The number of hydrogen-bond donors (Lipinski definition) is 1. The first-order valence-electron chi connectivity index (χ1n) is 10.0. The zero-order valence-corrected chi connectivity index (χ0v) is 16.9. The van der Waals surface area contributed by atoms with Crippen molar-refractivity contribution in [1.82, 2.24) is 4.90 Å². The Hall–Kier alpha value is -2.89. The predicted molar refractivity (Wildman–Crippen MR) is 110 cm³/mol. The number of likely N-dealkylation sites (tertiary alicyclic amines) is 1. The minimum atomic E-state index is -0.425. The van der Waals surface area contributed by atoms with Gasteiger partial charge in [-0.3, -0.25) is 9.59 Å². The monoisotopic (exact) mass is 398 g/mol. The number of methoxy groups -OCH3 is 1. The summed E-state index contributed by atoms with van der Waals surface area (Å²) in [5, 5.41) is 2.88. The van der Waals surface area contributed by atoms with Crippen LogP contribution in [0.1, 0.15) is 44.2 Å². The fraction of sp³-hybridized carbons (Fsp3) is 0.391. The lowest BCUT2D eigenvalue weighted by Crippen LogP contribution is -2.47. The first kappa shape index (κ1) is 20.8. The average molecular weight is 398 g/mol. The van der Waals surface area contributed by atoms with Crippen LogP contribution in [0, 0.1) is 11.7 Å². The minimum Gasteiger partial charge on any atom is -0.496 e. The predicted octanol–water partition coefficient (Wildman–Crippen LogP) is 4.55. The highest BCUT2D eigenvalue weighted by atomic mass is 19.1. The van der Waals surface area contributed by atoms with Gasteiger partial charge in [0, 0.05) is 24.2 Å². The topological polar surface area (TPSA) is 58.6 Å². The summed E-state index contributed by atoms with van der Waals surface area (Å²) in [7, 11) is 1.59. The molecule has 1 saturated heterocycles. The van der Waals surface area contributed by atoms with Crippen molar-refractivity contribution in [3.05, 3.63) is 59.9 Å². The van der Waals surface area contributed by atoms with Crippen molar-refractivity contribution in [3.63, 3.8) is 0 Å². The quantitative estimate of drug-likeness (QED) is 0.744. The maximum absolute atomic E-state index is 13.2. The van der Waals surface area contributed by atoms with Crippen molar-refractivity contribution in [2.45, 2.75) is 38.6 Å². The van der Waals surface area contributed by atoms with Crippen molar-refractivity contribution < 1.29 is 18.7 Å². The molecule has 0 radical (unpaired) electrons. The second kappa shape index (κ2) is 9.54. The van der Waals surface area contributed by atoms with Gasteiger partial charge in [0.2, 0.25) is 11.8 Å². The Morgan fingerprint density at radius 1 is 1.21 bits per heavy atom. The van der Waals surface area contributed by atoms with Crippen molar-refractivity contribution in [2.24, 2.45) is 5.92 Å². The maximum Gasteiger partial charge on any atom is 0.229 e. The number of anilines is 1. The number of halogens is 1. The Balaban J connectivity index is 1.94. The molecule has 1 N–H and O–H groups in total. The summed E-state index contributed by atoms with van der Waals surface area (Å²) in [5.41, 5.74) is 1.37. The molecule has 0 aliphatic carbocycles. The largest absolute Gasteiger partial charge is 0.496 e.